The average Bonchev–Trinajstić information content (AvgIpc) is 2.67. The Balaban J connectivity index is 1.59. The number of halogens is 1. The molecule has 0 aliphatic heterocycles. The summed E-state index contributed by atoms with van der Waals surface area (Å²) in [5, 5.41) is 2.76. The molecule has 0 atom stereocenters. The van der Waals surface area contributed by atoms with E-state index >= 15 is 0 Å². The number of carbonyl (C=O) groups excluding carboxylic acids is 2. The van der Waals surface area contributed by atoms with E-state index in [0.717, 1.165) is 16.3 Å². The van der Waals surface area contributed by atoms with Crippen molar-refractivity contribution in [2.45, 2.75) is 19.4 Å². The minimum atomic E-state index is -0.0703. The molecule has 26 heavy (non-hydrogen) atoms. The Morgan fingerprint density at radius 2 is 1.58 bits per heavy atom. The van der Waals surface area contributed by atoms with Crippen molar-refractivity contribution in [3.05, 3.63) is 82.9 Å². The predicted octanol–water partition coefficient (Wildman–Crippen LogP) is 5.11. The van der Waals surface area contributed by atoms with E-state index in [1.54, 1.807) is 18.0 Å². The number of fused-ring (bicyclic) bond motifs is 1. The smallest absolute Gasteiger partial charge is 0.223 e. The number of benzene rings is 3. The van der Waals surface area contributed by atoms with Gasteiger partial charge in [-0.05, 0) is 28.5 Å². The second-order valence-corrected chi connectivity index (χ2v) is 6.73. The van der Waals surface area contributed by atoms with Crippen LogP contribution in [-0.2, 0) is 11.3 Å². The number of amides is 1. The highest BCUT2D eigenvalue weighted by Crippen LogP contribution is 2.19. The molecule has 4 heteroatoms. The molecule has 0 heterocycles. The van der Waals surface area contributed by atoms with E-state index in [0.29, 0.717) is 17.1 Å². The van der Waals surface area contributed by atoms with Gasteiger partial charge in [0.1, 0.15) is 0 Å². The van der Waals surface area contributed by atoms with Gasteiger partial charge < -0.3 is 4.90 Å². The Bertz CT molecular complexity index is 952. The van der Waals surface area contributed by atoms with Crippen LogP contribution in [0.15, 0.2) is 66.7 Å². The highest BCUT2D eigenvalue weighted by molar-refractivity contribution is 6.31. The number of hydrogen-bond acceptors (Lipinski definition) is 2. The van der Waals surface area contributed by atoms with Crippen LogP contribution < -0.4 is 0 Å². The average molecular weight is 366 g/mol. The summed E-state index contributed by atoms with van der Waals surface area (Å²) in [6, 6.07) is 21.0. The Morgan fingerprint density at radius 3 is 2.35 bits per heavy atom. The van der Waals surface area contributed by atoms with Gasteiger partial charge >= 0.3 is 0 Å². The Morgan fingerprint density at radius 1 is 0.885 bits per heavy atom. The summed E-state index contributed by atoms with van der Waals surface area (Å²) in [5.74, 6) is -0.0886. The molecule has 3 rings (SSSR count). The van der Waals surface area contributed by atoms with Gasteiger partial charge in [0.05, 0.1) is 0 Å². The first kappa shape index (κ1) is 18.2. The summed E-state index contributed by atoms with van der Waals surface area (Å²) >= 11 is 6.14. The van der Waals surface area contributed by atoms with E-state index < -0.39 is 0 Å². The standard InChI is InChI=1S/C22H20ClNO2/c1-24(15-19-8-4-5-9-20(19)23)22(26)13-12-21(25)18-11-10-16-6-2-3-7-17(16)14-18/h2-11,14H,12-13,15H2,1H3. The quantitative estimate of drug-likeness (QED) is 0.569. The topological polar surface area (TPSA) is 37.4 Å². The van der Waals surface area contributed by atoms with Crippen molar-refractivity contribution in [2.24, 2.45) is 0 Å². The summed E-state index contributed by atoms with van der Waals surface area (Å²) in [6.07, 6.45) is 0.386. The van der Waals surface area contributed by atoms with Crippen LogP contribution in [0.3, 0.4) is 0 Å². The van der Waals surface area contributed by atoms with Crippen molar-refractivity contribution in [1.82, 2.24) is 4.90 Å². The molecule has 0 saturated heterocycles. The van der Waals surface area contributed by atoms with Crippen LogP contribution >= 0.6 is 11.6 Å². The second kappa shape index (κ2) is 8.15. The number of nitrogens with zero attached hydrogens (tertiary/aromatic N) is 1. The third-order valence-electron chi connectivity index (χ3n) is 4.43. The van der Waals surface area contributed by atoms with Crippen LogP contribution in [0.5, 0.6) is 0 Å². The first-order valence-corrected chi connectivity index (χ1v) is 8.92. The first-order chi connectivity index (χ1) is 12.5. The van der Waals surface area contributed by atoms with E-state index in [-0.39, 0.29) is 24.5 Å². The Hall–Kier alpha value is -2.65. The van der Waals surface area contributed by atoms with Gasteiger partial charge in [-0.3, -0.25) is 9.59 Å². The minimum Gasteiger partial charge on any atom is -0.341 e. The number of carbonyl (C=O) groups is 2. The molecule has 3 aromatic carbocycles. The summed E-state index contributed by atoms with van der Waals surface area (Å²) in [6.45, 7) is 0.433. The first-order valence-electron chi connectivity index (χ1n) is 8.54. The van der Waals surface area contributed by atoms with Crippen molar-refractivity contribution >= 4 is 34.1 Å². The molecule has 3 nitrogen and oxygen atoms in total. The van der Waals surface area contributed by atoms with Crippen LogP contribution in [-0.4, -0.2) is 23.6 Å². The summed E-state index contributed by atoms with van der Waals surface area (Å²) < 4.78 is 0. The molecule has 0 aliphatic carbocycles. The van der Waals surface area contributed by atoms with Crippen LogP contribution in [0.4, 0.5) is 0 Å². The van der Waals surface area contributed by atoms with Gasteiger partial charge in [-0.15, -0.1) is 0 Å². The van der Waals surface area contributed by atoms with Gasteiger partial charge in [-0.2, -0.15) is 0 Å². The molecule has 0 bridgehead atoms. The Kier molecular flexibility index (Phi) is 5.69. The molecule has 0 aromatic heterocycles. The van der Waals surface area contributed by atoms with Gasteiger partial charge in [0.15, 0.2) is 5.78 Å². The highest BCUT2D eigenvalue weighted by atomic mass is 35.5. The lowest BCUT2D eigenvalue weighted by atomic mass is 10.0. The van der Waals surface area contributed by atoms with Gasteiger partial charge in [-0.25, -0.2) is 0 Å². The van der Waals surface area contributed by atoms with Gasteiger partial charge in [0.25, 0.3) is 0 Å². The SMILES string of the molecule is CN(Cc1ccccc1Cl)C(=O)CCC(=O)c1ccc2ccccc2c1. The molecule has 0 fully saturated rings. The summed E-state index contributed by atoms with van der Waals surface area (Å²) in [4.78, 5) is 26.4. The number of rotatable bonds is 6. The number of ketones is 1. The molecule has 0 saturated carbocycles. The molecule has 0 aliphatic rings. The normalized spacial score (nSPS) is 10.7. The molecule has 0 radical (unpaired) electrons. The van der Waals surface area contributed by atoms with Crippen molar-refractivity contribution in [3.63, 3.8) is 0 Å². The van der Waals surface area contributed by atoms with Crippen molar-refractivity contribution in [1.29, 1.82) is 0 Å². The molecule has 1 amide bonds. The molecular formula is C22H20ClNO2. The maximum Gasteiger partial charge on any atom is 0.223 e. The lowest BCUT2D eigenvalue weighted by Gasteiger charge is -2.18. The fraction of sp³-hybridized carbons (Fsp3) is 0.182. The van der Waals surface area contributed by atoms with Crippen molar-refractivity contribution in [3.8, 4) is 0 Å². The van der Waals surface area contributed by atoms with Gasteiger partial charge in [0, 0.05) is 37.0 Å². The van der Waals surface area contributed by atoms with E-state index in [1.807, 2.05) is 60.7 Å². The van der Waals surface area contributed by atoms with Gasteiger partial charge in [-0.1, -0.05) is 66.2 Å². The van der Waals surface area contributed by atoms with E-state index in [1.165, 1.54) is 0 Å². The summed E-state index contributed by atoms with van der Waals surface area (Å²) in [5.41, 5.74) is 1.54. The Labute approximate surface area is 158 Å². The third-order valence-corrected chi connectivity index (χ3v) is 4.80. The van der Waals surface area contributed by atoms with Gasteiger partial charge in [0.2, 0.25) is 5.91 Å². The zero-order valence-electron chi connectivity index (χ0n) is 14.6. The maximum absolute atomic E-state index is 12.4. The summed E-state index contributed by atoms with van der Waals surface area (Å²) in [7, 11) is 1.73. The third kappa shape index (κ3) is 4.30. The van der Waals surface area contributed by atoms with E-state index in [4.69, 9.17) is 11.6 Å². The molecule has 0 N–H and O–H groups in total. The zero-order valence-corrected chi connectivity index (χ0v) is 15.4. The number of Topliss-reactive ketones (excluding diaryl/α,β-unsaturated/α-hetero) is 1. The molecule has 0 unspecified atom stereocenters. The largest absolute Gasteiger partial charge is 0.341 e. The second-order valence-electron chi connectivity index (χ2n) is 6.33. The number of hydrogen-bond donors (Lipinski definition) is 0. The fourth-order valence-corrected chi connectivity index (χ4v) is 3.08. The molecular weight excluding hydrogens is 346 g/mol. The van der Waals surface area contributed by atoms with Crippen molar-refractivity contribution in [2.75, 3.05) is 7.05 Å². The monoisotopic (exact) mass is 365 g/mol. The molecule has 132 valence electrons. The van der Waals surface area contributed by atoms with Crippen LogP contribution in [0.25, 0.3) is 10.8 Å². The maximum atomic E-state index is 12.4. The predicted molar refractivity (Wildman–Crippen MR) is 105 cm³/mol. The van der Waals surface area contributed by atoms with Crippen LogP contribution in [0, 0.1) is 0 Å². The van der Waals surface area contributed by atoms with Crippen LogP contribution in [0.1, 0.15) is 28.8 Å². The fourth-order valence-electron chi connectivity index (χ4n) is 2.89. The molecule has 0 spiro atoms. The lowest BCUT2D eigenvalue weighted by molar-refractivity contribution is -0.130. The zero-order chi connectivity index (χ0) is 18.5. The van der Waals surface area contributed by atoms with E-state index in [2.05, 4.69) is 0 Å². The van der Waals surface area contributed by atoms with Crippen molar-refractivity contribution < 1.29 is 9.59 Å². The minimum absolute atomic E-state index is 0.0183. The van der Waals surface area contributed by atoms with Crippen LogP contribution in [0.2, 0.25) is 5.02 Å². The highest BCUT2D eigenvalue weighted by Gasteiger charge is 2.14. The lowest BCUT2D eigenvalue weighted by Crippen LogP contribution is -2.26. The molecule has 3 aromatic rings. The van der Waals surface area contributed by atoms with E-state index in [9.17, 15) is 9.59 Å².